The number of nitrogens with two attached hydrogens (primary N) is 1. The number of ether oxygens (including phenoxy) is 1. The first kappa shape index (κ1) is 15.9. The van der Waals surface area contributed by atoms with E-state index in [0.29, 0.717) is 0 Å². The van der Waals surface area contributed by atoms with Crippen molar-refractivity contribution in [1.29, 1.82) is 5.26 Å². The van der Waals surface area contributed by atoms with Crippen LogP contribution in [-0.2, 0) is 4.74 Å². The summed E-state index contributed by atoms with van der Waals surface area (Å²) in [5.41, 5.74) is 9.54. The lowest BCUT2D eigenvalue weighted by Crippen LogP contribution is -2.18. The molecule has 0 spiro atoms. The normalized spacial score (nSPS) is 13.8. The summed E-state index contributed by atoms with van der Waals surface area (Å²) in [6.45, 7) is 4.13. The number of aryl methyl sites for hydroxylation is 1. The molecule has 0 bridgehead atoms. The third kappa shape index (κ3) is 2.58. The number of carbonyl (C=O) groups excluding carboxylic acids is 1. The maximum absolute atomic E-state index is 12.1. The van der Waals surface area contributed by atoms with E-state index in [1.54, 1.807) is 10.8 Å². The van der Waals surface area contributed by atoms with Crippen molar-refractivity contribution in [2.45, 2.75) is 19.8 Å². The Labute approximate surface area is 141 Å². The number of methoxy groups -OCH3 is 1. The molecule has 2 heterocycles. The maximum atomic E-state index is 12.1. The molecule has 3 rings (SSSR count). The summed E-state index contributed by atoms with van der Waals surface area (Å²) in [6, 6.07) is 8.11. The van der Waals surface area contributed by atoms with E-state index >= 15 is 0 Å². The molecule has 1 aromatic heterocycles. The van der Waals surface area contributed by atoms with Crippen molar-refractivity contribution in [1.82, 2.24) is 4.57 Å². The molecule has 2 aromatic rings. The molecule has 2 N–H and O–H groups in total. The third-order valence-electron chi connectivity index (χ3n) is 4.45. The SMILES string of the molecule is COC(=O)c1c(N)c(C#N)cn1-c1ccc(N2CCCC2)cc1C. The van der Waals surface area contributed by atoms with Crippen LogP contribution in [0.4, 0.5) is 11.4 Å². The van der Waals surface area contributed by atoms with E-state index in [2.05, 4.69) is 11.0 Å². The summed E-state index contributed by atoms with van der Waals surface area (Å²) in [6.07, 6.45) is 4.01. The van der Waals surface area contributed by atoms with Gasteiger partial charge in [0.2, 0.25) is 0 Å². The number of aromatic nitrogens is 1. The molecule has 0 atom stereocenters. The fraction of sp³-hybridized carbons (Fsp3) is 0.333. The standard InChI is InChI=1S/C18H20N4O2/c1-12-9-14(21-7-3-4-8-21)5-6-15(12)22-11-13(10-19)16(20)17(22)18(23)24-2/h5-6,9,11H,3-4,7-8,20H2,1-2H3. The summed E-state index contributed by atoms with van der Waals surface area (Å²) in [5, 5.41) is 9.21. The van der Waals surface area contributed by atoms with Crippen LogP contribution < -0.4 is 10.6 Å². The molecule has 24 heavy (non-hydrogen) atoms. The molecule has 124 valence electrons. The number of hydrogen-bond donors (Lipinski definition) is 1. The Bertz CT molecular complexity index is 826. The molecule has 6 nitrogen and oxygen atoms in total. The Kier molecular flexibility index (Phi) is 4.17. The topological polar surface area (TPSA) is 84.3 Å². The Morgan fingerprint density at radius 3 is 2.62 bits per heavy atom. The average Bonchev–Trinajstić information content (AvgIpc) is 3.22. The number of nitriles is 1. The lowest BCUT2D eigenvalue weighted by molar-refractivity contribution is 0.0593. The van der Waals surface area contributed by atoms with Gasteiger partial charge >= 0.3 is 5.97 Å². The van der Waals surface area contributed by atoms with Crippen molar-refractivity contribution < 1.29 is 9.53 Å². The minimum absolute atomic E-state index is 0.146. The third-order valence-corrected chi connectivity index (χ3v) is 4.45. The second kappa shape index (κ2) is 6.28. The molecule has 6 heteroatoms. The zero-order valence-corrected chi connectivity index (χ0v) is 13.9. The highest BCUT2D eigenvalue weighted by Gasteiger charge is 2.23. The number of anilines is 2. The molecule has 1 aliphatic heterocycles. The molecule has 0 unspecified atom stereocenters. The number of benzene rings is 1. The molecule has 1 saturated heterocycles. The number of nitrogens with zero attached hydrogens (tertiary/aromatic N) is 3. The highest BCUT2D eigenvalue weighted by Crippen LogP contribution is 2.29. The summed E-state index contributed by atoms with van der Waals surface area (Å²) in [7, 11) is 1.30. The Morgan fingerprint density at radius 2 is 2.04 bits per heavy atom. The van der Waals surface area contributed by atoms with Gasteiger partial charge in [-0.3, -0.25) is 0 Å². The molecule has 0 amide bonds. The van der Waals surface area contributed by atoms with Crippen LogP contribution in [0.25, 0.3) is 5.69 Å². The van der Waals surface area contributed by atoms with Crippen LogP contribution in [0.3, 0.4) is 0 Å². The molecule has 1 aromatic carbocycles. The molecule has 1 fully saturated rings. The number of hydrogen-bond acceptors (Lipinski definition) is 5. The largest absolute Gasteiger partial charge is 0.464 e. The lowest BCUT2D eigenvalue weighted by Gasteiger charge is -2.20. The van der Waals surface area contributed by atoms with Crippen molar-refractivity contribution in [3.63, 3.8) is 0 Å². The minimum Gasteiger partial charge on any atom is -0.464 e. The monoisotopic (exact) mass is 324 g/mol. The highest BCUT2D eigenvalue weighted by atomic mass is 16.5. The van der Waals surface area contributed by atoms with E-state index in [1.807, 2.05) is 25.1 Å². The number of rotatable bonds is 3. The number of esters is 1. The van der Waals surface area contributed by atoms with Crippen molar-refractivity contribution in [2.75, 3.05) is 30.8 Å². The van der Waals surface area contributed by atoms with Gasteiger partial charge in [-0.05, 0) is 43.5 Å². The minimum atomic E-state index is -0.558. The maximum Gasteiger partial charge on any atom is 0.357 e. The van der Waals surface area contributed by atoms with Crippen molar-refractivity contribution in [3.8, 4) is 11.8 Å². The van der Waals surface area contributed by atoms with Crippen LogP contribution >= 0.6 is 0 Å². The second-order valence-electron chi connectivity index (χ2n) is 5.94. The fourth-order valence-electron chi connectivity index (χ4n) is 3.19. The van der Waals surface area contributed by atoms with E-state index < -0.39 is 5.97 Å². The van der Waals surface area contributed by atoms with Gasteiger partial charge in [-0.1, -0.05) is 0 Å². The number of carbonyl (C=O) groups is 1. The first-order valence-electron chi connectivity index (χ1n) is 7.92. The summed E-state index contributed by atoms with van der Waals surface area (Å²) >= 11 is 0. The molecular weight excluding hydrogens is 304 g/mol. The smallest absolute Gasteiger partial charge is 0.357 e. The van der Waals surface area contributed by atoms with Crippen molar-refractivity contribution in [3.05, 3.63) is 41.2 Å². The van der Waals surface area contributed by atoms with E-state index in [1.165, 1.54) is 25.6 Å². The molecule has 1 aliphatic rings. The lowest BCUT2D eigenvalue weighted by atomic mass is 10.1. The highest BCUT2D eigenvalue weighted by molar-refractivity contribution is 5.96. The van der Waals surface area contributed by atoms with Gasteiger partial charge in [-0.2, -0.15) is 5.26 Å². The van der Waals surface area contributed by atoms with Gasteiger partial charge in [0.1, 0.15) is 6.07 Å². The van der Waals surface area contributed by atoms with E-state index in [0.717, 1.165) is 24.3 Å². The van der Waals surface area contributed by atoms with Gasteiger partial charge in [0.05, 0.1) is 18.4 Å². The van der Waals surface area contributed by atoms with Gasteiger partial charge in [0.25, 0.3) is 0 Å². The zero-order chi connectivity index (χ0) is 17.3. The van der Waals surface area contributed by atoms with Crippen LogP contribution in [0.2, 0.25) is 0 Å². The van der Waals surface area contributed by atoms with Crippen molar-refractivity contribution in [2.24, 2.45) is 0 Å². The van der Waals surface area contributed by atoms with Crippen LogP contribution in [0.1, 0.15) is 34.5 Å². The zero-order valence-electron chi connectivity index (χ0n) is 13.9. The van der Waals surface area contributed by atoms with E-state index in [-0.39, 0.29) is 16.9 Å². The molecule has 0 aliphatic carbocycles. The number of nitrogen functional groups attached to an aromatic ring is 1. The summed E-state index contributed by atoms with van der Waals surface area (Å²) < 4.78 is 6.47. The van der Waals surface area contributed by atoms with Crippen LogP contribution in [0.15, 0.2) is 24.4 Å². The molecule has 0 radical (unpaired) electrons. The molecule has 0 saturated carbocycles. The first-order valence-corrected chi connectivity index (χ1v) is 7.92. The fourth-order valence-corrected chi connectivity index (χ4v) is 3.19. The van der Waals surface area contributed by atoms with E-state index in [4.69, 9.17) is 10.5 Å². The Morgan fingerprint density at radius 1 is 1.33 bits per heavy atom. The van der Waals surface area contributed by atoms with E-state index in [9.17, 15) is 10.1 Å². The quantitative estimate of drug-likeness (QED) is 0.877. The molecular formula is C18H20N4O2. The van der Waals surface area contributed by atoms with Gasteiger partial charge in [0.15, 0.2) is 5.69 Å². The average molecular weight is 324 g/mol. The summed E-state index contributed by atoms with van der Waals surface area (Å²) in [4.78, 5) is 14.5. The van der Waals surface area contributed by atoms with Crippen molar-refractivity contribution >= 4 is 17.3 Å². The van der Waals surface area contributed by atoms with Gasteiger partial charge < -0.3 is 19.9 Å². The summed E-state index contributed by atoms with van der Waals surface area (Å²) in [5.74, 6) is -0.558. The van der Waals surface area contributed by atoms with Gasteiger partial charge in [-0.15, -0.1) is 0 Å². The first-order chi connectivity index (χ1) is 11.6. The predicted molar refractivity (Wildman–Crippen MR) is 92.4 cm³/mol. The Hall–Kier alpha value is -2.94. The van der Waals surface area contributed by atoms with Gasteiger partial charge in [0, 0.05) is 30.7 Å². The predicted octanol–water partition coefficient (Wildman–Crippen LogP) is 2.63. The Balaban J connectivity index is 2.09. The van der Waals surface area contributed by atoms with Crippen LogP contribution in [-0.4, -0.2) is 30.7 Å². The second-order valence-corrected chi connectivity index (χ2v) is 5.94. The van der Waals surface area contributed by atoms with Crippen LogP contribution in [0.5, 0.6) is 0 Å². The van der Waals surface area contributed by atoms with Crippen LogP contribution in [0, 0.1) is 18.3 Å². The van der Waals surface area contributed by atoms with Gasteiger partial charge in [-0.25, -0.2) is 4.79 Å².